The fourth-order valence-corrected chi connectivity index (χ4v) is 2.94. The highest BCUT2D eigenvalue weighted by molar-refractivity contribution is 6.30. The van der Waals surface area contributed by atoms with E-state index in [1.54, 1.807) is 43.5 Å². The zero-order valence-electron chi connectivity index (χ0n) is 18.9. The van der Waals surface area contributed by atoms with Crippen LogP contribution in [0.1, 0.15) is 49.5 Å². The number of hydrogen-bond donors (Lipinski definition) is 2. The first-order valence-corrected chi connectivity index (χ1v) is 10.9. The second-order valence-corrected chi connectivity index (χ2v) is 7.99. The van der Waals surface area contributed by atoms with Crippen molar-refractivity contribution in [3.8, 4) is 11.5 Å². The third-order valence-corrected chi connectivity index (χ3v) is 4.93. The van der Waals surface area contributed by atoms with Gasteiger partial charge in [-0.25, -0.2) is 5.43 Å². The van der Waals surface area contributed by atoms with Gasteiger partial charge in [0, 0.05) is 10.6 Å². The summed E-state index contributed by atoms with van der Waals surface area (Å²) < 4.78 is 11.1. The molecule has 172 valence electrons. The van der Waals surface area contributed by atoms with E-state index in [4.69, 9.17) is 21.1 Å². The van der Waals surface area contributed by atoms with Crippen molar-refractivity contribution in [2.45, 2.75) is 39.7 Å². The van der Waals surface area contributed by atoms with Gasteiger partial charge in [-0.3, -0.25) is 9.59 Å². The molecule has 0 spiro atoms. The number of nitrogens with zero attached hydrogens (tertiary/aromatic N) is 1. The van der Waals surface area contributed by atoms with Crippen molar-refractivity contribution < 1.29 is 19.1 Å². The van der Waals surface area contributed by atoms with Crippen molar-refractivity contribution in [3.63, 3.8) is 0 Å². The molecule has 0 bridgehead atoms. The molecule has 8 heteroatoms. The van der Waals surface area contributed by atoms with E-state index in [-0.39, 0.29) is 11.8 Å². The number of halogens is 1. The molecular weight excluding hydrogens is 430 g/mol. The first-order valence-electron chi connectivity index (χ1n) is 10.6. The van der Waals surface area contributed by atoms with Crippen LogP contribution in [0.3, 0.4) is 0 Å². The molecule has 2 aromatic carbocycles. The van der Waals surface area contributed by atoms with Crippen LogP contribution in [0, 0.1) is 5.92 Å². The van der Waals surface area contributed by atoms with Crippen molar-refractivity contribution in [2.75, 3.05) is 13.7 Å². The minimum atomic E-state index is -0.751. The molecule has 1 unspecified atom stereocenters. The van der Waals surface area contributed by atoms with Crippen LogP contribution in [0.4, 0.5) is 0 Å². The van der Waals surface area contributed by atoms with Gasteiger partial charge in [0.15, 0.2) is 11.5 Å². The van der Waals surface area contributed by atoms with Crippen molar-refractivity contribution >= 4 is 29.6 Å². The third kappa shape index (κ3) is 7.57. The van der Waals surface area contributed by atoms with E-state index in [1.807, 2.05) is 19.9 Å². The van der Waals surface area contributed by atoms with E-state index in [1.165, 1.54) is 6.21 Å². The maximum Gasteiger partial charge on any atom is 0.262 e. The van der Waals surface area contributed by atoms with E-state index < -0.39 is 11.9 Å². The lowest BCUT2D eigenvalue weighted by Gasteiger charge is -2.20. The van der Waals surface area contributed by atoms with Crippen LogP contribution in [-0.4, -0.2) is 37.8 Å². The SMILES string of the molecule is CCCCOc1ccc(C=NNC(=O)C(NC(=O)c2ccc(Cl)cc2)C(C)C)cc1OC. The van der Waals surface area contributed by atoms with Crippen LogP contribution in [0.25, 0.3) is 0 Å². The summed E-state index contributed by atoms with van der Waals surface area (Å²) in [4.78, 5) is 25.1. The van der Waals surface area contributed by atoms with E-state index in [0.29, 0.717) is 28.7 Å². The van der Waals surface area contributed by atoms with E-state index in [0.717, 1.165) is 18.4 Å². The number of methoxy groups -OCH3 is 1. The number of amides is 2. The second kappa shape index (κ2) is 12.7. The normalized spacial score (nSPS) is 11.9. The van der Waals surface area contributed by atoms with E-state index >= 15 is 0 Å². The number of hydrazone groups is 1. The van der Waals surface area contributed by atoms with Gasteiger partial charge in [0.25, 0.3) is 11.8 Å². The topological polar surface area (TPSA) is 89.0 Å². The summed E-state index contributed by atoms with van der Waals surface area (Å²) in [5.74, 6) is 0.340. The molecule has 0 aliphatic heterocycles. The zero-order chi connectivity index (χ0) is 23.5. The molecule has 0 aliphatic carbocycles. The lowest BCUT2D eigenvalue weighted by atomic mass is 10.0. The summed E-state index contributed by atoms with van der Waals surface area (Å²) in [6.07, 6.45) is 3.52. The minimum absolute atomic E-state index is 0.138. The Bertz CT molecular complexity index is 929. The summed E-state index contributed by atoms with van der Waals surface area (Å²) in [5.41, 5.74) is 3.65. The summed E-state index contributed by atoms with van der Waals surface area (Å²) in [7, 11) is 1.57. The van der Waals surface area contributed by atoms with Gasteiger partial charge in [0.1, 0.15) is 6.04 Å². The molecule has 0 saturated carbocycles. The lowest BCUT2D eigenvalue weighted by Crippen LogP contribution is -2.48. The van der Waals surface area contributed by atoms with Crippen LogP contribution in [0.15, 0.2) is 47.6 Å². The highest BCUT2D eigenvalue weighted by Gasteiger charge is 2.24. The predicted octanol–water partition coefficient (Wildman–Crippen LogP) is 4.43. The first kappa shape index (κ1) is 25.2. The van der Waals surface area contributed by atoms with Gasteiger partial charge in [0.2, 0.25) is 0 Å². The maximum absolute atomic E-state index is 12.6. The Balaban J connectivity index is 2.00. The van der Waals surface area contributed by atoms with Gasteiger partial charge in [-0.1, -0.05) is 38.8 Å². The van der Waals surface area contributed by atoms with Gasteiger partial charge in [-0.15, -0.1) is 0 Å². The fourth-order valence-electron chi connectivity index (χ4n) is 2.81. The Kier molecular flexibility index (Phi) is 10.0. The predicted molar refractivity (Wildman–Crippen MR) is 127 cm³/mol. The highest BCUT2D eigenvalue weighted by Crippen LogP contribution is 2.27. The first-order chi connectivity index (χ1) is 15.3. The molecule has 7 nitrogen and oxygen atoms in total. The van der Waals surface area contributed by atoms with E-state index in [2.05, 4.69) is 22.8 Å². The third-order valence-electron chi connectivity index (χ3n) is 4.67. The van der Waals surface area contributed by atoms with Crippen LogP contribution in [0.2, 0.25) is 5.02 Å². The van der Waals surface area contributed by atoms with E-state index in [9.17, 15) is 9.59 Å². The molecule has 0 radical (unpaired) electrons. The Labute approximate surface area is 194 Å². The van der Waals surface area contributed by atoms with Gasteiger partial charge in [-0.05, 0) is 60.4 Å². The minimum Gasteiger partial charge on any atom is -0.493 e. The van der Waals surface area contributed by atoms with Crippen LogP contribution in [-0.2, 0) is 4.79 Å². The van der Waals surface area contributed by atoms with Crippen LogP contribution in [0.5, 0.6) is 11.5 Å². The number of rotatable bonds is 11. The molecule has 0 heterocycles. The number of ether oxygens (including phenoxy) is 2. The monoisotopic (exact) mass is 459 g/mol. The van der Waals surface area contributed by atoms with Crippen molar-refractivity contribution in [1.29, 1.82) is 0 Å². The Morgan fingerprint density at radius 3 is 2.47 bits per heavy atom. The lowest BCUT2D eigenvalue weighted by molar-refractivity contribution is -0.123. The summed E-state index contributed by atoms with van der Waals surface area (Å²) >= 11 is 5.86. The summed E-state index contributed by atoms with van der Waals surface area (Å²) in [6, 6.07) is 11.1. The second-order valence-electron chi connectivity index (χ2n) is 7.55. The van der Waals surface area contributed by atoms with Gasteiger partial charge in [-0.2, -0.15) is 5.10 Å². The maximum atomic E-state index is 12.6. The standard InChI is InChI=1S/C24H30ClN3O4/c1-5-6-13-32-20-12-7-17(14-21(20)31-4)15-26-28-24(30)22(16(2)3)27-23(29)18-8-10-19(25)11-9-18/h7-12,14-16,22H,5-6,13H2,1-4H3,(H,27,29)(H,28,30). The van der Waals surface area contributed by atoms with Gasteiger partial charge in [0.05, 0.1) is 19.9 Å². The molecule has 2 rings (SSSR count). The highest BCUT2D eigenvalue weighted by atomic mass is 35.5. The smallest absolute Gasteiger partial charge is 0.262 e. The van der Waals surface area contributed by atoms with Gasteiger partial charge < -0.3 is 14.8 Å². The number of hydrogen-bond acceptors (Lipinski definition) is 5. The fraction of sp³-hybridized carbons (Fsp3) is 0.375. The number of nitrogens with one attached hydrogen (secondary N) is 2. The Morgan fingerprint density at radius 1 is 1.12 bits per heavy atom. The molecule has 0 aliphatic rings. The molecule has 2 N–H and O–H groups in total. The Morgan fingerprint density at radius 2 is 1.84 bits per heavy atom. The molecule has 0 saturated heterocycles. The molecule has 2 amide bonds. The molecule has 0 fully saturated rings. The molecule has 32 heavy (non-hydrogen) atoms. The molecule has 2 aromatic rings. The molecule has 0 aromatic heterocycles. The average Bonchev–Trinajstić information content (AvgIpc) is 2.78. The van der Waals surface area contributed by atoms with Gasteiger partial charge >= 0.3 is 0 Å². The number of unbranched alkanes of at least 4 members (excludes halogenated alkanes) is 1. The summed E-state index contributed by atoms with van der Waals surface area (Å²) in [6.45, 7) is 6.41. The van der Waals surface area contributed by atoms with Crippen LogP contribution < -0.4 is 20.2 Å². The van der Waals surface area contributed by atoms with Crippen LogP contribution >= 0.6 is 11.6 Å². The molecular formula is C24H30ClN3O4. The average molecular weight is 460 g/mol. The Hall–Kier alpha value is -3.06. The largest absolute Gasteiger partial charge is 0.493 e. The number of carbonyl (C=O) groups is 2. The van der Waals surface area contributed by atoms with Crippen molar-refractivity contribution in [3.05, 3.63) is 58.6 Å². The van der Waals surface area contributed by atoms with Crippen molar-refractivity contribution in [2.24, 2.45) is 11.0 Å². The number of benzene rings is 2. The quantitative estimate of drug-likeness (QED) is 0.295. The van der Waals surface area contributed by atoms with Crippen molar-refractivity contribution in [1.82, 2.24) is 10.7 Å². The number of carbonyl (C=O) groups excluding carboxylic acids is 2. The summed E-state index contributed by atoms with van der Waals surface area (Å²) in [5, 5.41) is 7.31. The molecule has 1 atom stereocenters. The zero-order valence-corrected chi connectivity index (χ0v) is 19.6.